The van der Waals surface area contributed by atoms with Gasteiger partial charge < -0.3 is 4.90 Å². The lowest BCUT2D eigenvalue weighted by molar-refractivity contribution is -0.131. The van der Waals surface area contributed by atoms with Crippen LogP contribution < -0.4 is 0 Å². The molecule has 0 aromatic heterocycles. The standard InChI is InChI=1S/C21H21FN2O3S/c22-17-9-5-15(6-10-17)13-24-21(11-12-23(14-21)20(25)16-7-8-16)18-3-1-2-4-19(18)28(24,26)27/h1-6,9-10,16H,7-8,11-14H2/t21-/m0/s1. The van der Waals surface area contributed by atoms with Crippen LogP contribution in [0.15, 0.2) is 53.4 Å². The van der Waals surface area contributed by atoms with Crippen LogP contribution in [0.4, 0.5) is 4.39 Å². The highest BCUT2D eigenvalue weighted by Crippen LogP contribution is 2.50. The second-order valence-electron chi connectivity index (χ2n) is 7.95. The van der Waals surface area contributed by atoms with Crippen molar-refractivity contribution in [2.45, 2.75) is 36.2 Å². The number of rotatable bonds is 3. The zero-order valence-electron chi connectivity index (χ0n) is 15.3. The van der Waals surface area contributed by atoms with Gasteiger partial charge in [-0.3, -0.25) is 4.79 Å². The van der Waals surface area contributed by atoms with Crippen LogP contribution in [0.3, 0.4) is 0 Å². The molecule has 0 radical (unpaired) electrons. The molecule has 1 spiro atoms. The second-order valence-corrected chi connectivity index (χ2v) is 9.78. The molecule has 7 heteroatoms. The third-order valence-electron chi connectivity index (χ3n) is 6.16. The summed E-state index contributed by atoms with van der Waals surface area (Å²) in [6, 6.07) is 13.0. The molecule has 1 amide bonds. The molecule has 0 N–H and O–H groups in total. The lowest BCUT2D eigenvalue weighted by Gasteiger charge is -2.34. The normalized spacial score (nSPS) is 26.0. The van der Waals surface area contributed by atoms with Crippen molar-refractivity contribution in [1.82, 2.24) is 9.21 Å². The topological polar surface area (TPSA) is 57.7 Å². The van der Waals surface area contributed by atoms with E-state index in [4.69, 9.17) is 0 Å². The molecule has 1 saturated heterocycles. The Labute approximate surface area is 163 Å². The van der Waals surface area contributed by atoms with Gasteiger partial charge in [-0.15, -0.1) is 0 Å². The molecule has 146 valence electrons. The highest BCUT2D eigenvalue weighted by atomic mass is 32.2. The maximum atomic E-state index is 13.4. The average molecular weight is 400 g/mol. The lowest BCUT2D eigenvalue weighted by atomic mass is 9.88. The Morgan fingerprint density at radius 2 is 1.82 bits per heavy atom. The van der Waals surface area contributed by atoms with Crippen molar-refractivity contribution in [2.75, 3.05) is 13.1 Å². The van der Waals surface area contributed by atoms with E-state index < -0.39 is 15.6 Å². The number of benzene rings is 2. The van der Waals surface area contributed by atoms with Gasteiger partial charge in [0, 0.05) is 25.6 Å². The molecule has 2 aliphatic heterocycles. The zero-order valence-corrected chi connectivity index (χ0v) is 16.2. The number of halogens is 1. The van der Waals surface area contributed by atoms with Gasteiger partial charge in [-0.2, -0.15) is 4.31 Å². The molecule has 2 aromatic carbocycles. The van der Waals surface area contributed by atoms with Gasteiger partial charge in [0.05, 0.1) is 10.4 Å². The first kappa shape index (κ1) is 17.8. The van der Waals surface area contributed by atoms with Gasteiger partial charge in [-0.25, -0.2) is 12.8 Å². The molecule has 2 aromatic rings. The Hall–Kier alpha value is -2.25. The number of hydrogen-bond donors (Lipinski definition) is 0. The van der Waals surface area contributed by atoms with E-state index in [9.17, 15) is 17.6 Å². The van der Waals surface area contributed by atoms with Crippen molar-refractivity contribution in [3.05, 3.63) is 65.5 Å². The van der Waals surface area contributed by atoms with Crippen molar-refractivity contribution in [3.63, 3.8) is 0 Å². The Morgan fingerprint density at radius 3 is 2.54 bits per heavy atom. The van der Waals surface area contributed by atoms with E-state index in [1.54, 1.807) is 24.3 Å². The Morgan fingerprint density at radius 1 is 1.11 bits per heavy atom. The van der Waals surface area contributed by atoms with Crippen molar-refractivity contribution in [1.29, 1.82) is 0 Å². The summed E-state index contributed by atoms with van der Waals surface area (Å²) in [5, 5.41) is 0. The minimum absolute atomic E-state index is 0.106. The molecular formula is C21H21FN2O3S. The first-order chi connectivity index (χ1) is 13.4. The fourth-order valence-electron chi connectivity index (χ4n) is 4.54. The Kier molecular flexibility index (Phi) is 3.90. The molecule has 1 aliphatic carbocycles. The van der Waals surface area contributed by atoms with Crippen LogP contribution in [0.5, 0.6) is 0 Å². The van der Waals surface area contributed by atoms with E-state index in [1.807, 2.05) is 17.0 Å². The summed E-state index contributed by atoms with van der Waals surface area (Å²) in [4.78, 5) is 14.8. The largest absolute Gasteiger partial charge is 0.340 e. The van der Waals surface area contributed by atoms with Gasteiger partial charge in [0.1, 0.15) is 5.82 Å². The lowest BCUT2D eigenvalue weighted by Crippen LogP contribution is -2.46. The van der Waals surface area contributed by atoms with Gasteiger partial charge in [0.15, 0.2) is 0 Å². The predicted octanol–water partition coefficient (Wildman–Crippen LogP) is 2.87. The number of likely N-dealkylation sites (tertiary alicyclic amines) is 1. The minimum atomic E-state index is -3.70. The van der Waals surface area contributed by atoms with Gasteiger partial charge in [-0.1, -0.05) is 30.3 Å². The van der Waals surface area contributed by atoms with Crippen molar-refractivity contribution in [3.8, 4) is 0 Å². The van der Waals surface area contributed by atoms with Gasteiger partial charge >= 0.3 is 0 Å². The number of amides is 1. The van der Waals surface area contributed by atoms with Crippen LogP contribution in [0.25, 0.3) is 0 Å². The molecule has 5 nitrogen and oxygen atoms in total. The number of carbonyl (C=O) groups excluding carboxylic acids is 1. The van der Waals surface area contributed by atoms with Gasteiger partial charge in [0.2, 0.25) is 15.9 Å². The third kappa shape index (κ3) is 2.60. The molecule has 1 saturated carbocycles. The van der Waals surface area contributed by atoms with E-state index in [0.29, 0.717) is 24.4 Å². The van der Waals surface area contributed by atoms with E-state index >= 15 is 0 Å². The van der Waals surface area contributed by atoms with Gasteiger partial charge in [-0.05, 0) is 48.6 Å². The number of nitrogens with zero attached hydrogens (tertiary/aromatic N) is 2. The zero-order chi connectivity index (χ0) is 19.5. The monoisotopic (exact) mass is 400 g/mol. The SMILES string of the molecule is O=C(C1CC1)N1CC[C@]2(C1)c1ccccc1S(=O)(=O)N2Cc1ccc(F)cc1. The highest BCUT2D eigenvalue weighted by molar-refractivity contribution is 7.89. The van der Waals surface area contributed by atoms with Crippen LogP contribution in [0, 0.1) is 11.7 Å². The maximum Gasteiger partial charge on any atom is 0.244 e. The molecule has 0 unspecified atom stereocenters. The van der Waals surface area contributed by atoms with Crippen LogP contribution in [-0.2, 0) is 26.9 Å². The molecule has 2 heterocycles. The number of hydrogen-bond acceptors (Lipinski definition) is 3. The van der Waals surface area contributed by atoms with Crippen LogP contribution >= 0.6 is 0 Å². The number of fused-ring (bicyclic) bond motifs is 2. The summed E-state index contributed by atoms with van der Waals surface area (Å²) in [6.07, 6.45) is 2.43. The van der Waals surface area contributed by atoms with Gasteiger partial charge in [0.25, 0.3) is 0 Å². The van der Waals surface area contributed by atoms with Crippen molar-refractivity contribution in [2.24, 2.45) is 5.92 Å². The molecule has 28 heavy (non-hydrogen) atoms. The quantitative estimate of drug-likeness (QED) is 0.796. The molecular weight excluding hydrogens is 379 g/mol. The Balaban J connectivity index is 1.57. The summed E-state index contributed by atoms with van der Waals surface area (Å²) in [5.74, 6) is -0.109. The second kappa shape index (κ2) is 6.12. The predicted molar refractivity (Wildman–Crippen MR) is 101 cm³/mol. The Bertz CT molecular complexity index is 1050. The van der Waals surface area contributed by atoms with E-state index in [2.05, 4.69) is 0 Å². The summed E-state index contributed by atoms with van der Waals surface area (Å²) in [6.45, 7) is 1.08. The van der Waals surface area contributed by atoms with E-state index in [0.717, 1.165) is 24.0 Å². The van der Waals surface area contributed by atoms with Crippen molar-refractivity contribution >= 4 is 15.9 Å². The fraction of sp³-hybridized carbons (Fsp3) is 0.381. The molecule has 0 bridgehead atoms. The van der Waals surface area contributed by atoms with E-state index in [-0.39, 0.29) is 24.2 Å². The molecule has 1 atom stereocenters. The fourth-order valence-corrected chi connectivity index (χ4v) is 6.60. The molecule has 3 aliphatic rings. The van der Waals surface area contributed by atoms with Crippen LogP contribution in [0.2, 0.25) is 0 Å². The average Bonchev–Trinajstić information content (AvgIpc) is 3.42. The molecule has 2 fully saturated rings. The van der Waals surface area contributed by atoms with Crippen LogP contribution in [-0.4, -0.2) is 36.6 Å². The number of sulfonamides is 1. The van der Waals surface area contributed by atoms with E-state index in [1.165, 1.54) is 16.4 Å². The summed E-state index contributed by atoms with van der Waals surface area (Å²) >= 11 is 0. The minimum Gasteiger partial charge on any atom is -0.340 e. The van der Waals surface area contributed by atoms with Crippen molar-refractivity contribution < 1.29 is 17.6 Å². The maximum absolute atomic E-state index is 13.4. The third-order valence-corrected chi connectivity index (χ3v) is 8.13. The van der Waals surface area contributed by atoms with Crippen LogP contribution in [0.1, 0.15) is 30.4 Å². The molecule has 5 rings (SSSR count). The number of carbonyl (C=O) groups is 1. The summed E-state index contributed by atoms with van der Waals surface area (Å²) < 4.78 is 41.6. The first-order valence-electron chi connectivity index (χ1n) is 9.57. The summed E-state index contributed by atoms with van der Waals surface area (Å²) in [7, 11) is -3.70. The summed E-state index contributed by atoms with van der Waals surface area (Å²) in [5.41, 5.74) is 0.737. The highest BCUT2D eigenvalue weighted by Gasteiger charge is 2.57. The smallest absolute Gasteiger partial charge is 0.244 e. The first-order valence-corrected chi connectivity index (χ1v) is 11.0.